The van der Waals surface area contributed by atoms with Crippen molar-refractivity contribution < 1.29 is 13.9 Å². The molecular weight excluding hydrogens is 398 g/mol. The van der Waals surface area contributed by atoms with Crippen LogP contribution in [0, 0.1) is 4.84 Å². The minimum Gasteiger partial charge on any atom is -0.429 e. The lowest BCUT2D eigenvalue weighted by atomic mass is 9.92. The number of nitrogens with one attached hydrogen (secondary N) is 3. The summed E-state index contributed by atoms with van der Waals surface area (Å²) in [6.07, 6.45) is 9.04. The average Bonchev–Trinajstić information content (AvgIpc) is 3.11. The molecule has 1 aromatic carbocycles. The highest BCUT2D eigenvalue weighted by molar-refractivity contribution is 7.71. The number of aromatic amines is 1. The number of H-pyrrole nitrogens is 1. The van der Waals surface area contributed by atoms with Crippen molar-refractivity contribution in [1.29, 1.82) is 0 Å². The Morgan fingerprint density at radius 2 is 2.17 bits per heavy atom. The molecule has 0 bridgehead atoms. The highest BCUT2D eigenvalue weighted by Crippen LogP contribution is 2.21. The van der Waals surface area contributed by atoms with Crippen molar-refractivity contribution in [2.24, 2.45) is 0 Å². The van der Waals surface area contributed by atoms with Crippen molar-refractivity contribution >= 4 is 29.2 Å². The van der Waals surface area contributed by atoms with Crippen LogP contribution in [0.1, 0.15) is 52.0 Å². The second-order valence-electron chi connectivity index (χ2n) is 7.90. The number of rotatable bonds is 10. The Morgan fingerprint density at radius 1 is 1.37 bits per heavy atom. The summed E-state index contributed by atoms with van der Waals surface area (Å²) in [6, 6.07) is 6.10. The number of ether oxygens (including phenoxy) is 1. The molecule has 0 radical (unpaired) electrons. The fourth-order valence-corrected chi connectivity index (χ4v) is 4.31. The molecule has 2 aromatic rings. The van der Waals surface area contributed by atoms with E-state index in [1.54, 1.807) is 6.92 Å². The lowest BCUT2D eigenvalue weighted by Gasteiger charge is -2.37. The molecule has 1 aromatic heterocycles. The van der Waals surface area contributed by atoms with Gasteiger partial charge in [-0.05, 0) is 62.5 Å². The Balaban J connectivity index is 1.59. The first-order valence-corrected chi connectivity index (χ1v) is 11.4. The summed E-state index contributed by atoms with van der Waals surface area (Å²) in [5.41, 5.74) is 2.99. The monoisotopic (exact) mass is 431 g/mol. The molecule has 0 unspecified atom stereocenters. The van der Waals surface area contributed by atoms with Gasteiger partial charge in [0.1, 0.15) is 0 Å². The normalized spacial score (nSPS) is 21.4. The first-order valence-electron chi connectivity index (χ1n) is 10.9. The standard InChI is InChI=1S/C23H33N3O3S/c1-4-17(5-2)28-20-13-7-11-18(22(20)25-15(3)27)24-14-8-10-16-9-6-12-19-21(16)26-23(30)29-19/h6-7,9,12-13,17-18,20,22,24H,4-5,8,10-11,14H2,1-3H3,(H,25,27)(H,26,30)/t18-,20+,22+/m0/s1. The third kappa shape index (κ3) is 5.80. The number of carbonyl (C=O) groups excluding carboxylic acids is 1. The van der Waals surface area contributed by atoms with E-state index < -0.39 is 0 Å². The third-order valence-electron chi connectivity index (χ3n) is 5.71. The van der Waals surface area contributed by atoms with Crippen molar-refractivity contribution in [2.45, 2.75) is 77.2 Å². The van der Waals surface area contributed by atoms with Gasteiger partial charge < -0.3 is 24.8 Å². The molecule has 3 rings (SSSR count). The minimum atomic E-state index is -0.107. The summed E-state index contributed by atoms with van der Waals surface area (Å²) in [7, 11) is 0. The van der Waals surface area contributed by atoms with Crippen LogP contribution in [-0.2, 0) is 16.0 Å². The van der Waals surface area contributed by atoms with Crippen LogP contribution in [0.15, 0.2) is 34.8 Å². The molecule has 7 heteroatoms. The summed E-state index contributed by atoms with van der Waals surface area (Å²) in [6.45, 7) is 6.69. The van der Waals surface area contributed by atoms with Gasteiger partial charge in [0, 0.05) is 13.0 Å². The molecule has 0 aliphatic heterocycles. The predicted octanol–water partition coefficient (Wildman–Crippen LogP) is 4.42. The smallest absolute Gasteiger partial charge is 0.266 e. The molecule has 164 valence electrons. The van der Waals surface area contributed by atoms with Crippen LogP contribution in [0.2, 0.25) is 0 Å². The highest BCUT2D eigenvalue weighted by Gasteiger charge is 2.32. The van der Waals surface area contributed by atoms with E-state index in [9.17, 15) is 4.79 Å². The summed E-state index contributed by atoms with van der Waals surface area (Å²) in [4.78, 5) is 15.4. The van der Waals surface area contributed by atoms with E-state index in [1.165, 1.54) is 5.56 Å². The molecule has 1 aliphatic carbocycles. The Hall–Kier alpha value is -1.96. The van der Waals surface area contributed by atoms with Gasteiger partial charge in [0.05, 0.1) is 23.8 Å². The van der Waals surface area contributed by atoms with Crippen LogP contribution in [0.3, 0.4) is 0 Å². The van der Waals surface area contributed by atoms with E-state index in [0.717, 1.165) is 49.7 Å². The summed E-state index contributed by atoms with van der Waals surface area (Å²) < 4.78 is 11.8. The second-order valence-corrected chi connectivity index (χ2v) is 8.27. The number of oxazole rings is 1. The number of fused-ring (bicyclic) bond motifs is 1. The van der Waals surface area contributed by atoms with Crippen molar-refractivity contribution in [3.05, 3.63) is 40.8 Å². The lowest BCUT2D eigenvalue weighted by molar-refractivity contribution is -0.121. The third-order valence-corrected chi connectivity index (χ3v) is 5.89. The van der Waals surface area contributed by atoms with Crippen LogP contribution in [0.5, 0.6) is 0 Å². The Bertz CT molecular complexity index is 916. The van der Waals surface area contributed by atoms with Gasteiger partial charge in [-0.15, -0.1) is 0 Å². The molecule has 0 spiro atoms. The molecule has 0 fully saturated rings. The topological polar surface area (TPSA) is 79.3 Å². The first-order chi connectivity index (χ1) is 14.5. The lowest BCUT2D eigenvalue weighted by Crippen LogP contribution is -2.57. The van der Waals surface area contributed by atoms with Gasteiger partial charge in [-0.25, -0.2) is 0 Å². The van der Waals surface area contributed by atoms with E-state index in [1.807, 2.05) is 12.1 Å². The SMILES string of the molecule is CCC(CC)O[C@@H]1C=CC[C@H](NCCCc2cccc3oc(=S)[nH]c23)[C@H]1NC(C)=O. The van der Waals surface area contributed by atoms with Gasteiger partial charge in [0.15, 0.2) is 5.58 Å². The number of hydrogen-bond acceptors (Lipinski definition) is 5. The number of amides is 1. The number of carbonyl (C=O) groups is 1. The van der Waals surface area contributed by atoms with Crippen LogP contribution in [0.4, 0.5) is 0 Å². The maximum absolute atomic E-state index is 11.8. The van der Waals surface area contributed by atoms with Gasteiger partial charge >= 0.3 is 0 Å². The highest BCUT2D eigenvalue weighted by atomic mass is 32.1. The molecule has 3 atom stereocenters. The molecule has 1 amide bonds. The first kappa shape index (κ1) is 22.7. The Morgan fingerprint density at radius 3 is 2.90 bits per heavy atom. The number of aryl methyl sites for hydroxylation is 1. The van der Waals surface area contributed by atoms with E-state index in [4.69, 9.17) is 21.4 Å². The fourth-order valence-electron chi connectivity index (χ4n) is 4.12. The van der Waals surface area contributed by atoms with E-state index in [-0.39, 0.29) is 30.2 Å². The molecule has 6 nitrogen and oxygen atoms in total. The quantitative estimate of drug-likeness (QED) is 0.295. The Kier molecular flexibility index (Phi) is 8.24. The van der Waals surface area contributed by atoms with Crippen molar-refractivity contribution in [3.63, 3.8) is 0 Å². The van der Waals surface area contributed by atoms with Gasteiger partial charge in [0.25, 0.3) is 4.84 Å². The van der Waals surface area contributed by atoms with E-state index in [0.29, 0.717) is 4.84 Å². The van der Waals surface area contributed by atoms with Crippen LogP contribution >= 0.6 is 12.2 Å². The summed E-state index contributed by atoms with van der Waals surface area (Å²) in [5, 5.41) is 6.75. The number of benzene rings is 1. The van der Waals surface area contributed by atoms with E-state index in [2.05, 4.69) is 47.7 Å². The van der Waals surface area contributed by atoms with Gasteiger partial charge in [0.2, 0.25) is 5.91 Å². The molecule has 1 aliphatic rings. The Labute approximate surface area is 183 Å². The van der Waals surface area contributed by atoms with Crippen molar-refractivity contribution in [1.82, 2.24) is 15.6 Å². The number of para-hydroxylation sites is 1. The molecule has 0 saturated carbocycles. The van der Waals surface area contributed by atoms with Crippen LogP contribution in [-0.4, -0.2) is 41.7 Å². The summed E-state index contributed by atoms with van der Waals surface area (Å²) >= 11 is 5.11. The van der Waals surface area contributed by atoms with Crippen molar-refractivity contribution in [3.8, 4) is 0 Å². The molecule has 3 N–H and O–H groups in total. The zero-order valence-electron chi connectivity index (χ0n) is 18.1. The van der Waals surface area contributed by atoms with Crippen LogP contribution < -0.4 is 10.6 Å². The zero-order valence-corrected chi connectivity index (χ0v) is 18.9. The van der Waals surface area contributed by atoms with Gasteiger partial charge in [-0.2, -0.15) is 0 Å². The van der Waals surface area contributed by atoms with E-state index >= 15 is 0 Å². The van der Waals surface area contributed by atoms with Crippen LogP contribution in [0.25, 0.3) is 11.1 Å². The average molecular weight is 432 g/mol. The second kappa shape index (κ2) is 10.9. The van der Waals surface area contributed by atoms with Gasteiger partial charge in [-0.1, -0.05) is 38.1 Å². The molecule has 0 saturated heterocycles. The molecule has 1 heterocycles. The molecular formula is C23H33N3O3S. The predicted molar refractivity (Wildman–Crippen MR) is 122 cm³/mol. The minimum absolute atomic E-state index is 0.0258. The largest absolute Gasteiger partial charge is 0.429 e. The number of hydrogen-bond donors (Lipinski definition) is 3. The van der Waals surface area contributed by atoms with Gasteiger partial charge in [-0.3, -0.25) is 4.79 Å². The zero-order chi connectivity index (χ0) is 21.5. The van der Waals surface area contributed by atoms with Crippen molar-refractivity contribution in [2.75, 3.05) is 6.54 Å². The summed E-state index contributed by atoms with van der Waals surface area (Å²) in [5.74, 6) is -0.0258. The maximum Gasteiger partial charge on any atom is 0.266 e. The molecule has 30 heavy (non-hydrogen) atoms. The number of aromatic nitrogens is 1. The maximum atomic E-state index is 11.8. The fraction of sp³-hybridized carbons (Fsp3) is 0.565.